The molecule has 0 saturated heterocycles. The third kappa shape index (κ3) is 7.17. The van der Waals surface area contributed by atoms with Gasteiger partial charge in [0.2, 0.25) is 5.91 Å². The minimum atomic E-state index is -0.801. The van der Waals surface area contributed by atoms with E-state index in [0.717, 1.165) is 6.42 Å². The number of unbranched alkanes of at least 4 members (excludes halogenated alkanes) is 1. The number of carboxylic acid groups (broad SMARTS) is 1. The number of halogens is 1. The number of rotatable bonds is 9. The van der Waals surface area contributed by atoms with E-state index in [2.05, 4.69) is 5.32 Å². The first-order valence-electron chi connectivity index (χ1n) is 7.39. The number of nitrogens with one attached hydrogen (secondary N) is 1. The second-order valence-corrected chi connectivity index (χ2v) is 5.47. The van der Waals surface area contributed by atoms with Gasteiger partial charge in [-0.15, -0.1) is 0 Å². The fourth-order valence-electron chi connectivity index (χ4n) is 2.03. The Morgan fingerprint density at radius 1 is 1.23 bits per heavy atom. The molecule has 0 unspecified atom stereocenters. The highest BCUT2D eigenvalue weighted by Crippen LogP contribution is 2.09. The van der Waals surface area contributed by atoms with Crippen molar-refractivity contribution in [3.8, 4) is 0 Å². The smallest absolute Gasteiger partial charge is 0.303 e. The molecule has 0 radical (unpaired) electrons. The Morgan fingerprint density at radius 2 is 1.86 bits per heavy atom. The summed E-state index contributed by atoms with van der Waals surface area (Å²) in [5, 5.41) is 11.3. The average molecular weight is 310 g/mol. The maximum absolute atomic E-state index is 12.8. The van der Waals surface area contributed by atoms with Crippen LogP contribution in [-0.2, 0) is 9.59 Å². The second kappa shape index (κ2) is 9.15. The van der Waals surface area contributed by atoms with Gasteiger partial charge in [-0.2, -0.15) is 0 Å². The van der Waals surface area contributed by atoms with Crippen molar-refractivity contribution in [3.05, 3.63) is 30.1 Å². The monoisotopic (exact) mass is 310 g/mol. The highest BCUT2D eigenvalue weighted by molar-refractivity contribution is 5.92. The van der Waals surface area contributed by atoms with Gasteiger partial charge in [-0.3, -0.25) is 14.5 Å². The van der Waals surface area contributed by atoms with Crippen LogP contribution in [0.25, 0.3) is 0 Å². The number of nitrogens with zero attached hydrogens (tertiary/aromatic N) is 1. The van der Waals surface area contributed by atoms with Crippen LogP contribution in [0.4, 0.5) is 10.1 Å². The summed E-state index contributed by atoms with van der Waals surface area (Å²) in [7, 11) is 0. The Balaban J connectivity index is 2.42. The maximum Gasteiger partial charge on any atom is 0.303 e. The first-order chi connectivity index (χ1) is 10.4. The molecule has 22 heavy (non-hydrogen) atoms. The molecular weight excluding hydrogens is 287 g/mol. The lowest BCUT2D eigenvalue weighted by atomic mass is 10.2. The molecule has 122 valence electrons. The van der Waals surface area contributed by atoms with Gasteiger partial charge in [-0.25, -0.2) is 4.39 Å². The van der Waals surface area contributed by atoms with Crippen LogP contribution in [0.5, 0.6) is 0 Å². The number of carbonyl (C=O) groups excluding carboxylic acids is 1. The molecule has 6 heteroatoms. The molecule has 0 fully saturated rings. The normalized spacial score (nSPS) is 11.0. The largest absolute Gasteiger partial charge is 0.481 e. The predicted molar refractivity (Wildman–Crippen MR) is 83.2 cm³/mol. The summed E-state index contributed by atoms with van der Waals surface area (Å²) in [6.07, 6.45) is 1.47. The van der Waals surface area contributed by atoms with Gasteiger partial charge >= 0.3 is 5.97 Å². The number of hydrogen-bond acceptors (Lipinski definition) is 3. The lowest BCUT2D eigenvalue weighted by Gasteiger charge is -2.25. The fraction of sp³-hybridized carbons (Fsp3) is 0.500. The quantitative estimate of drug-likeness (QED) is 0.688. The highest BCUT2D eigenvalue weighted by atomic mass is 19.1. The van der Waals surface area contributed by atoms with Crippen molar-refractivity contribution in [2.24, 2.45) is 0 Å². The third-order valence-electron chi connectivity index (χ3n) is 3.29. The van der Waals surface area contributed by atoms with Gasteiger partial charge in [-0.05, 0) is 57.5 Å². The molecule has 2 N–H and O–H groups in total. The van der Waals surface area contributed by atoms with Crippen molar-refractivity contribution in [2.45, 2.75) is 39.2 Å². The molecule has 0 aliphatic carbocycles. The standard InChI is InChI=1S/C16H23FN2O3/c1-12(2)19(10-4-3-5-16(21)22)11-15(20)18-14-8-6-13(17)7-9-14/h6-9,12H,3-5,10-11H2,1-2H3,(H,18,20)(H,21,22). The number of hydrogen-bond donors (Lipinski definition) is 2. The second-order valence-electron chi connectivity index (χ2n) is 5.47. The van der Waals surface area contributed by atoms with E-state index in [1.54, 1.807) is 0 Å². The van der Waals surface area contributed by atoms with E-state index in [9.17, 15) is 14.0 Å². The Kier molecular flexibility index (Phi) is 7.52. The highest BCUT2D eigenvalue weighted by Gasteiger charge is 2.14. The number of amides is 1. The summed E-state index contributed by atoms with van der Waals surface area (Å²) in [6.45, 7) is 4.87. The van der Waals surface area contributed by atoms with Crippen molar-refractivity contribution in [1.29, 1.82) is 0 Å². The van der Waals surface area contributed by atoms with Crippen LogP contribution in [0.3, 0.4) is 0 Å². The molecule has 1 rings (SSSR count). The number of carbonyl (C=O) groups is 2. The molecule has 1 aromatic rings. The molecule has 0 aliphatic heterocycles. The fourth-order valence-corrected chi connectivity index (χ4v) is 2.03. The first kappa shape index (κ1) is 18.1. The number of benzene rings is 1. The molecule has 0 atom stereocenters. The molecule has 0 aromatic heterocycles. The molecule has 0 bridgehead atoms. The summed E-state index contributed by atoms with van der Waals surface area (Å²) in [5.41, 5.74) is 0.556. The predicted octanol–water partition coefficient (Wildman–Crippen LogP) is 2.73. The zero-order valence-corrected chi connectivity index (χ0v) is 13.0. The zero-order chi connectivity index (χ0) is 16.5. The summed E-state index contributed by atoms with van der Waals surface area (Å²) in [4.78, 5) is 24.5. The van der Waals surface area contributed by atoms with Crippen LogP contribution in [0.2, 0.25) is 0 Å². The lowest BCUT2D eigenvalue weighted by Crippen LogP contribution is -2.38. The van der Waals surface area contributed by atoms with E-state index in [1.807, 2.05) is 18.7 Å². The van der Waals surface area contributed by atoms with Gasteiger partial charge in [0.05, 0.1) is 6.54 Å². The summed E-state index contributed by atoms with van der Waals surface area (Å²) < 4.78 is 12.8. The maximum atomic E-state index is 12.8. The Labute approximate surface area is 130 Å². The van der Waals surface area contributed by atoms with Crippen LogP contribution in [0, 0.1) is 5.82 Å². The van der Waals surface area contributed by atoms with Crippen LogP contribution in [0.1, 0.15) is 33.1 Å². The Bertz CT molecular complexity index is 489. The van der Waals surface area contributed by atoms with Crippen LogP contribution in [-0.4, -0.2) is 41.0 Å². The summed E-state index contributed by atoms with van der Waals surface area (Å²) in [6, 6.07) is 5.80. The summed E-state index contributed by atoms with van der Waals surface area (Å²) >= 11 is 0. The van der Waals surface area contributed by atoms with Gasteiger partial charge < -0.3 is 10.4 Å². The van der Waals surface area contributed by atoms with Gasteiger partial charge in [0.1, 0.15) is 5.82 Å². The van der Waals surface area contributed by atoms with Crippen molar-refractivity contribution in [3.63, 3.8) is 0 Å². The van der Waals surface area contributed by atoms with Crippen molar-refractivity contribution < 1.29 is 19.1 Å². The van der Waals surface area contributed by atoms with E-state index >= 15 is 0 Å². The van der Waals surface area contributed by atoms with Crippen molar-refractivity contribution in [2.75, 3.05) is 18.4 Å². The topological polar surface area (TPSA) is 69.6 Å². The minimum absolute atomic E-state index is 0.147. The van der Waals surface area contributed by atoms with Gasteiger partial charge in [-0.1, -0.05) is 0 Å². The molecule has 0 aliphatic rings. The van der Waals surface area contributed by atoms with Crippen LogP contribution < -0.4 is 5.32 Å². The van der Waals surface area contributed by atoms with E-state index in [-0.39, 0.29) is 30.7 Å². The number of anilines is 1. The van der Waals surface area contributed by atoms with Crippen LogP contribution >= 0.6 is 0 Å². The minimum Gasteiger partial charge on any atom is -0.481 e. The van der Waals surface area contributed by atoms with E-state index in [0.29, 0.717) is 18.7 Å². The Morgan fingerprint density at radius 3 is 2.41 bits per heavy atom. The van der Waals surface area contributed by atoms with E-state index in [4.69, 9.17) is 5.11 Å². The molecule has 0 saturated carbocycles. The first-order valence-corrected chi connectivity index (χ1v) is 7.39. The third-order valence-corrected chi connectivity index (χ3v) is 3.29. The zero-order valence-electron chi connectivity index (χ0n) is 13.0. The molecule has 1 aromatic carbocycles. The van der Waals surface area contributed by atoms with Crippen molar-refractivity contribution in [1.82, 2.24) is 4.90 Å². The average Bonchev–Trinajstić information content (AvgIpc) is 2.44. The van der Waals surface area contributed by atoms with E-state index in [1.165, 1.54) is 24.3 Å². The molecule has 5 nitrogen and oxygen atoms in total. The lowest BCUT2D eigenvalue weighted by molar-refractivity contribution is -0.137. The SMILES string of the molecule is CC(C)N(CCCCC(=O)O)CC(=O)Nc1ccc(F)cc1. The van der Waals surface area contributed by atoms with Crippen molar-refractivity contribution >= 4 is 17.6 Å². The number of carboxylic acids is 1. The van der Waals surface area contributed by atoms with Gasteiger partial charge in [0, 0.05) is 18.2 Å². The van der Waals surface area contributed by atoms with Crippen LogP contribution in [0.15, 0.2) is 24.3 Å². The molecule has 1 amide bonds. The summed E-state index contributed by atoms with van der Waals surface area (Å²) in [5.74, 6) is -1.32. The number of aliphatic carboxylic acids is 1. The van der Waals surface area contributed by atoms with E-state index < -0.39 is 5.97 Å². The van der Waals surface area contributed by atoms with Gasteiger partial charge in [0.15, 0.2) is 0 Å². The molecule has 0 spiro atoms. The molecular formula is C16H23FN2O3. The molecule has 0 heterocycles. The Hall–Kier alpha value is -1.95. The van der Waals surface area contributed by atoms with Gasteiger partial charge in [0.25, 0.3) is 0 Å².